The average Bonchev–Trinajstić information content (AvgIpc) is 2.92. The number of carboxylic acids is 1. The fraction of sp³-hybridized carbons (Fsp3) is 0.200. The zero-order valence-corrected chi connectivity index (χ0v) is 15.5. The minimum Gasteiger partial charge on any atom is -0.481 e. The Bertz CT molecular complexity index is 1090. The Morgan fingerprint density at radius 1 is 1.17 bits per heavy atom. The van der Waals surface area contributed by atoms with Crippen LogP contribution in [-0.2, 0) is 7.05 Å². The Balaban J connectivity index is 2.08. The minimum absolute atomic E-state index is 0.156. The number of aromatic nitrogens is 1. The van der Waals surface area contributed by atoms with E-state index in [1.165, 1.54) is 17.7 Å². The minimum atomic E-state index is -4.63. The van der Waals surface area contributed by atoms with E-state index in [4.69, 9.17) is 4.74 Å². The molecule has 29 heavy (non-hydrogen) atoms. The summed E-state index contributed by atoms with van der Waals surface area (Å²) in [6.45, 7) is 0.0652. The topological polar surface area (TPSA) is 80.6 Å². The monoisotopic (exact) mass is 406 g/mol. The van der Waals surface area contributed by atoms with Crippen LogP contribution in [0.15, 0.2) is 42.5 Å². The largest absolute Gasteiger partial charge is 0.481 e. The van der Waals surface area contributed by atoms with E-state index >= 15 is 0 Å². The second-order valence-electron chi connectivity index (χ2n) is 6.45. The van der Waals surface area contributed by atoms with E-state index in [0.717, 1.165) is 0 Å². The van der Waals surface area contributed by atoms with Crippen LogP contribution >= 0.6 is 0 Å². The second-order valence-corrected chi connectivity index (χ2v) is 6.45. The quantitative estimate of drug-likeness (QED) is 0.659. The summed E-state index contributed by atoms with van der Waals surface area (Å²) in [6, 6.07) is 11.4. The van der Waals surface area contributed by atoms with Crippen molar-refractivity contribution in [3.05, 3.63) is 59.3 Å². The Kier molecular flexibility index (Phi) is 5.23. The number of rotatable bonds is 5. The van der Waals surface area contributed by atoms with Crippen molar-refractivity contribution in [1.82, 2.24) is 4.57 Å². The maximum Gasteiger partial charge on any atom is 0.422 e. The molecule has 0 aliphatic heterocycles. The summed E-state index contributed by atoms with van der Waals surface area (Å²) in [5.74, 6) is -2.23. The van der Waals surface area contributed by atoms with Crippen molar-refractivity contribution in [3.8, 4) is 5.75 Å². The zero-order valence-electron chi connectivity index (χ0n) is 15.5. The molecule has 2 N–H and O–H groups in total. The third kappa shape index (κ3) is 4.18. The summed E-state index contributed by atoms with van der Waals surface area (Å²) < 4.78 is 44.0. The van der Waals surface area contributed by atoms with Crippen molar-refractivity contribution in [1.29, 1.82) is 0 Å². The molecule has 0 spiro atoms. The molecule has 0 bridgehead atoms. The van der Waals surface area contributed by atoms with Crippen LogP contribution in [0.25, 0.3) is 10.9 Å². The number of anilines is 1. The van der Waals surface area contributed by atoms with Gasteiger partial charge in [-0.1, -0.05) is 18.2 Å². The van der Waals surface area contributed by atoms with E-state index in [-0.39, 0.29) is 5.39 Å². The number of alkyl halides is 3. The number of ether oxygens (including phenoxy) is 1. The molecule has 1 amide bonds. The first kappa shape index (κ1) is 20.2. The molecule has 1 heterocycles. The highest BCUT2D eigenvalue weighted by Gasteiger charge is 2.31. The molecule has 0 unspecified atom stereocenters. The number of hydrogen-bond donors (Lipinski definition) is 2. The molecule has 0 fully saturated rings. The average molecular weight is 406 g/mol. The molecule has 2 aromatic carbocycles. The highest BCUT2D eigenvalue weighted by Crippen LogP contribution is 2.37. The summed E-state index contributed by atoms with van der Waals surface area (Å²) in [5, 5.41) is 12.3. The summed E-state index contributed by atoms with van der Waals surface area (Å²) >= 11 is 0. The number of benzene rings is 2. The fourth-order valence-electron chi connectivity index (χ4n) is 3.01. The van der Waals surface area contributed by atoms with Gasteiger partial charge in [0, 0.05) is 23.7 Å². The molecule has 0 radical (unpaired) electrons. The zero-order chi connectivity index (χ0) is 21.3. The third-order valence-electron chi connectivity index (χ3n) is 4.37. The standard InChI is InChI=1S/C20H17F3N2O4/c1-11-8-15-13(9-14(11)24-18(26)12-6-4-3-5-7-12)17(29-10-20(21,22)23)16(19(27)28)25(15)2/h3-9H,10H2,1-2H3,(H,24,26)(H,27,28). The number of aryl methyl sites for hydroxylation is 2. The number of carboxylic acid groups (broad SMARTS) is 1. The number of amides is 1. The lowest BCUT2D eigenvalue weighted by Crippen LogP contribution is -2.20. The van der Waals surface area contributed by atoms with Gasteiger partial charge in [0.1, 0.15) is 0 Å². The van der Waals surface area contributed by atoms with Crippen LogP contribution in [0.3, 0.4) is 0 Å². The molecule has 0 aliphatic carbocycles. The van der Waals surface area contributed by atoms with Gasteiger partial charge in [0.25, 0.3) is 5.91 Å². The van der Waals surface area contributed by atoms with Gasteiger partial charge in [0.15, 0.2) is 18.1 Å². The summed E-state index contributed by atoms with van der Waals surface area (Å²) in [6.07, 6.45) is -4.63. The van der Waals surface area contributed by atoms with Crippen molar-refractivity contribution in [3.63, 3.8) is 0 Å². The molecular weight excluding hydrogens is 389 g/mol. The van der Waals surface area contributed by atoms with Gasteiger partial charge < -0.3 is 19.7 Å². The highest BCUT2D eigenvalue weighted by molar-refractivity contribution is 6.07. The molecule has 0 saturated carbocycles. The van der Waals surface area contributed by atoms with E-state index < -0.39 is 36.1 Å². The molecule has 0 saturated heterocycles. The summed E-state index contributed by atoms with van der Waals surface area (Å²) in [4.78, 5) is 24.1. The van der Waals surface area contributed by atoms with Crippen LogP contribution in [-0.4, -0.2) is 34.3 Å². The number of halogens is 3. The maximum atomic E-state index is 12.6. The smallest absolute Gasteiger partial charge is 0.422 e. The van der Waals surface area contributed by atoms with Gasteiger partial charge in [-0.25, -0.2) is 4.79 Å². The van der Waals surface area contributed by atoms with Crippen LogP contribution in [0, 0.1) is 6.92 Å². The van der Waals surface area contributed by atoms with E-state index in [1.54, 1.807) is 43.3 Å². The van der Waals surface area contributed by atoms with E-state index in [2.05, 4.69) is 5.32 Å². The Morgan fingerprint density at radius 3 is 2.41 bits per heavy atom. The van der Waals surface area contributed by atoms with Crippen molar-refractivity contribution < 1.29 is 32.6 Å². The highest BCUT2D eigenvalue weighted by atomic mass is 19.4. The van der Waals surface area contributed by atoms with E-state index in [1.807, 2.05) is 0 Å². The predicted molar refractivity (Wildman–Crippen MR) is 101 cm³/mol. The molecule has 0 aliphatic rings. The fourth-order valence-corrected chi connectivity index (χ4v) is 3.01. The van der Waals surface area contributed by atoms with E-state index in [9.17, 15) is 27.9 Å². The summed E-state index contributed by atoms with van der Waals surface area (Å²) in [5.41, 5.74) is 1.32. The molecule has 9 heteroatoms. The Hall–Kier alpha value is -3.49. The van der Waals surface area contributed by atoms with Gasteiger partial charge in [-0.15, -0.1) is 0 Å². The van der Waals surface area contributed by atoms with Crippen molar-refractivity contribution >= 4 is 28.5 Å². The molecule has 3 rings (SSSR count). The Labute approximate surface area is 163 Å². The maximum absolute atomic E-state index is 12.6. The Morgan fingerprint density at radius 2 is 1.83 bits per heavy atom. The third-order valence-corrected chi connectivity index (χ3v) is 4.37. The summed E-state index contributed by atoms with van der Waals surface area (Å²) in [7, 11) is 1.42. The van der Waals surface area contributed by atoms with E-state index in [0.29, 0.717) is 22.3 Å². The van der Waals surface area contributed by atoms with Crippen LogP contribution in [0.4, 0.5) is 18.9 Å². The lowest BCUT2D eigenvalue weighted by Gasteiger charge is -2.11. The van der Waals surface area contributed by atoms with Gasteiger partial charge in [0.05, 0.1) is 5.52 Å². The SMILES string of the molecule is Cc1cc2c(cc1NC(=O)c1ccccc1)c(OCC(F)(F)F)c(C(=O)O)n2C. The normalized spacial score (nSPS) is 11.5. The molecule has 6 nitrogen and oxygen atoms in total. The molecule has 3 aromatic rings. The number of aromatic carboxylic acids is 1. The van der Waals surface area contributed by atoms with Crippen LogP contribution in [0.5, 0.6) is 5.75 Å². The van der Waals surface area contributed by atoms with Crippen LogP contribution in [0.1, 0.15) is 26.4 Å². The van der Waals surface area contributed by atoms with Crippen molar-refractivity contribution in [2.24, 2.45) is 7.05 Å². The number of carbonyl (C=O) groups is 2. The molecule has 1 aromatic heterocycles. The number of hydrogen-bond acceptors (Lipinski definition) is 3. The molecule has 0 atom stereocenters. The lowest BCUT2D eigenvalue weighted by molar-refractivity contribution is -0.153. The van der Waals surface area contributed by atoms with Crippen molar-refractivity contribution in [2.75, 3.05) is 11.9 Å². The van der Waals surface area contributed by atoms with Crippen LogP contribution in [0.2, 0.25) is 0 Å². The predicted octanol–water partition coefficient (Wildman–Crippen LogP) is 4.38. The van der Waals surface area contributed by atoms with Gasteiger partial charge in [0.2, 0.25) is 0 Å². The lowest BCUT2D eigenvalue weighted by atomic mass is 10.1. The molecular formula is C20H17F3N2O4. The number of carbonyl (C=O) groups excluding carboxylic acids is 1. The van der Waals surface area contributed by atoms with Gasteiger partial charge >= 0.3 is 12.1 Å². The van der Waals surface area contributed by atoms with Crippen molar-refractivity contribution in [2.45, 2.75) is 13.1 Å². The number of nitrogens with zero attached hydrogens (tertiary/aromatic N) is 1. The van der Waals surface area contributed by atoms with Gasteiger partial charge in [-0.3, -0.25) is 4.79 Å². The molecule has 152 valence electrons. The first-order chi connectivity index (χ1) is 13.6. The van der Waals surface area contributed by atoms with Gasteiger partial charge in [-0.2, -0.15) is 13.2 Å². The first-order valence-electron chi connectivity index (χ1n) is 8.50. The second kappa shape index (κ2) is 7.50. The number of fused-ring (bicyclic) bond motifs is 1. The number of nitrogens with one attached hydrogen (secondary N) is 1. The van der Waals surface area contributed by atoms with Gasteiger partial charge in [-0.05, 0) is 36.8 Å². The first-order valence-corrected chi connectivity index (χ1v) is 8.50. The van der Waals surface area contributed by atoms with Crippen LogP contribution < -0.4 is 10.1 Å².